The van der Waals surface area contributed by atoms with E-state index >= 15 is 0 Å². The number of amides is 1. The summed E-state index contributed by atoms with van der Waals surface area (Å²) in [6.45, 7) is 0. The maximum Gasteiger partial charge on any atom is 0.338 e. The number of aromatic carboxylic acids is 1. The fraction of sp³-hybridized carbons (Fsp3) is 0. The largest absolute Gasteiger partial charge is 0.478 e. The summed E-state index contributed by atoms with van der Waals surface area (Å²) in [5.74, 6) is -2.07. The summed E-state index contributed by atoms with van der Waals surface area (Å²) >= 11 is 23.5. The number of hydrogen-bond donors (Lipinski definition) is 2. The molecule has 0 fully saturated rings. The highest BCUT2D eigenvalue weighted by Crippen LogP contribution is 2.41. The minimum absolute atomic E-state index is 0.204. The van der Waals surface area contributed by atoms with Gasteiger partial charge in [0.25, 0.3) is 5.91 Å². The van der Waals surface area contributed by atoms with E-state index in [0.717, 1.165) is 0 Å². The van der Waals surface area contributed by atoms with Crippen molar-refractivity contribution in [3.05, 3.63) is 55.6 Å². The zero-order chi connectivity index (χ0) is 16.4. The molecule has 1 aromatic carbocycles. The molecule has 2 aromatic rings. The normalized spacial score (nSPS) is 10.4. The number of hydrogen-bond acceptors (Lipinski definition) is 3. The zero-order valence-corrected chi connectivity index (χ0v) is 13.6. The van der Waals surface area contributed by atoms with Crippen LogP contribution in [0.25, 0.3) is 0 Å². The summed E-state index contributed by atoms with van der Waals surface area (Å²) in [6.07, 6.45) is 1.46. The van der Waals surface area contributed by atoms with Gasteiger partial charge in [-0.3, -0.25) is 4.79 Å². The molecule has 0 atom stereocenters. The van der Waals surface area contributed by atoms with Crippen molar-refractivity contribution in [3.63, 3.8) is 0 Å². The predicted octanol–water partition coefficient (Wildman–Crippen LogP) is 4.65. The molecule has 1 amide bonds. The van der Waals surface area contributed by atoms with E-state index in [1.54, 1.807) is 12.1 Å². The number of carboxylic acids is 1. The fourth-order valence-electron chi connectivity index (χ4n) is 1.66. The lowest BCUT2D eigenvalue weighted by Gasteiger charge is -2.13. The lowest BCUT2D eigenvalue weighted by Crippen LogP contribution is -2.18. The Labute approximate surface area is 144 Å². The van der Waals surface area contributed by atoms with E-state index in [-0.39, 0.29) is 31.5 Å². The molecule has 9 heteroatoms. The van der Waals surface area contributed by atoms with Crippen LogP contribution in [-0.4, -0.2) is 22.0 Å². The molecule has 0 aliphatic heterocycles. The minimum Gasteiger partial charge on any atom is -0.478 e. The second kappa shape index (κ2) is 6.71. The van der Waals surface area contributed by atoms with Crippen LogP contribution in [0, 0.1) is 0 Å². The van der Waals surface area contributed by atoms with Crippen LogP contribution in [0.2, 0.25) is 20.1 Å². The molecule has 0 saturated carbocycles. The van der Waals surface area contributed by atoms with Crippen molar-refractivity contribution in [1.29, 1.82) is 0 Å². The number of carbonyl (C=O) groups excluding carboxylic acids is 1. The number of nitrogens with zero attached hydrogens (tertiary/aromatic N) is 1. The first-order chi connectivity index (χ1) is 10.3. The van der Waals surface area contributed by atoms with Crippen LogP contribution in [0.15, 0.2) is 24.4 Å². The van der Waals surface area contributed by atoms with Crippen molar-refractivity contribution in [2.45, 2.75) is 0 Å². The number of rotatable bonds is 3. The minimum atomic E-state index is -1.46. The van der Waals surface area contributed by atoms with Crippen LogP contribution in [0.3, 0.4) is 0 Å². The molecule has 22 heavy (non-hydrogen) atoms. The smallest absolute Gasteiger partial charge is 0.338 e. The van der Waals surface area contributed by atoms with Crippen molar-refractivity contribution in [2.24, 2.45) is 0 Å². The Kier molecular flexibility index (Phi) is 5.13. The molecular formula is C13H6Cl4N2O3. The Morgan fingerprint density at radius 1 is 0.955 bits per heavy atom. The standard InChI is InChI=1S/C13H6Cl4N2O3/c14-8-6(12(20)19-5-3-1-2-4-18-5)7(13(21)22)9(15)11(17)10(8)16/h1-4H,(H,21,22)(H,18,19,20). The van der Waals surface area contributed by atoms with Crippen LogP contribution in [-0.2, 0) is 0 Å². The highest BCUT2D eigenvalue weighted by atomic mass is 35.5. The number of aromatic nitrogens is 1. The maximum absolute atomic E-state index is 12.3. The van der Waals surface area contributed by atoms with Crippen LogP contribution in [0.5, 0.6) is 0 Å². The Morgan fingerprint density at radius 2 is 1.55 bits per heavy atom. The van der Waals surface area contributed by atoms with Crippen LogP contribution >= 0.6 is 46.4 Å². The highest BCUT2D eigenvalue weighted by molar-refractivity contribution is 6.54. The first-order valence-electron chi connectivity index (χ1n) is 5.66. The number of pyridine rings is 1. The number of anilines is 1. The zero-order valence-electron chi connectivity index (χ0n) is 10.5. The molecule has 2 N–H and O–H groups in total. The van der Waals surface area contributed by atoms with E-state index in [1.165, 1.54) is 12.3 Å². The molecule has 0 aliphatic rings. The first kappa shape index (κ1) is 16.8. The van der Waals surface area contributed by atoms with E-state index in [2.05, 4.69) is 10.3 Å². The van der Waals surface area contributed by atoms with Gasteiger partial charge in [-0.2, -0.15) is 0 Å². The summed E-state index contributed by atoms with van der Waals surface area (Å²) in [5, 5.41) is 10.6. The average Bonchev–Trinajstić information content (AvgIpc) is 2.49. The van der Waals surface area contributed by atoms with Crippen molar-refractivity contribution in [2.75, 3.05) is 5.32 Å². The Balaban J connectivity index is 2.59. The molecule has 114 valence electrons. The third-order valence-corrected chi connectivity index (χ3v) is 4.42. The van der Waals surface area contributed by atoms with Crippen LogP contribution in [0.4, 0.5) is 5.82 Å². The number of benzene rings is 1. The van der Waals surface area contributed by atoms with Gasteiger partial charge in [0.05, 0.1) is 31.2 Å². The van der Waals surface area contributed by atoms with Crippen molar-refractivity contribution >= 4 is 64.1 Å². The third-order valence-electron chi connectivity index (χ3n) is 2.61. The summed E-state index contributed by atoms with van der Waals surface area (Å²) in [4.78, 5) is 27.6. The number of halogens is 4. The topological polar surface area (TPSA) is 79.3 Å². The monoisotopic (exact) mass is 378 g/mol. The average molecular weight is 380 g/mol. The van der Waals surface area contributed by atoms with Gasteiger partial charge in [-0.1, -0.05) is 52.5 Å². The maximum atomic E-state index is 12.3. The molecule has 0 radical (unpaired) electrons. The number of carboxylic acid groups (broad SMARTS) is 1. The predicted molar refractivity (Wildman–Crippen MR) is 85.6 cm³/mol. The van der Waals surface area contributed by atoms with Gasteiger partial charge < -0.3 is 10.4 Å². The van der Waals surface area contributed by atoms with E-state index in [4.69, 9.17) is 46.4 Å². The van der Waals surface area contributed by atoms with Gasteiger partial charge in [0.2, 0.25) is 0 Å². The van der Waals surface area contributed by atoms with Crippen molar-refractivity contribution < 1.29 is 14.7 Å². The molecular weight excluding hydrogens is 374 g/mol. The third kappa shape index (κ3) is 3.13. The Morgan fingerprint density at radius 3 is 2.05 bits per heavy atom. The molecule has 2 rings (SSSR count). The molecule has 5 nitrogen and oxygen atoms in total. The van der Waals surface area contributed by atoms with E-state index in [1.807, 2.05) is 0 Å². The second-order valence-electron chi connectivity index (χ2n) is 3.98. The molecule has 1 aromatic heterocycles. The van der Waals surface area contributed by atoms with Gasteiger partial charge in [-0.15, -0.1) is 0 Å². The van der Waals surface area contributed by atoms with Crippen molar-refractivity contribution in [1.82, 2.24) is 4.98 Å². The lowest BCUT2D eigenvalue weighted by molar-refractivity contribution is 0.0692. The number of carbonyl (C=O) groups is 2. The molecule has 0 saturated heterocycles. The van der Waals surface area contributed by atoms with Crippen LogP contribution in [0.1, 0.15) is 20.7 Å². The van der Waals surface area contributed by atoms with Gasteiger partial charge in [0.15, 0.2) is 0 Å². The Hall–Kier alpha value is -1.53. The quantitative estimate of drug-likeness (QED) is 0.601. The molecule has 0 bridgehead atoms. The summed E-state index contributed by atoms with van der Waals surface area (Å²) in [6, 6.07) is 4.82. The first-order valence-corrected chi connectivity index (χ1v) is 7.17. The van der Waals surface area contributed by atoms with E-state index in [9.17, 15) is 14.7 Å². The lowest BCUT2D eigenvalue weighted by atomic mass is 10.1. The van der Waals surface area contributed by atoms with E-state index in [0.29, 0.717) is 0 Å². The van der Waals surface area contributed by atoms with Gasteiger partial charge in [0.1, 0.15) is 5.82 Å². The highest BCUT2D eigenvalue weighted by Gasteiger charge is 2.28. The van der Waals surface area contributed by atoms with Gasteiger partial charge in [-0.05, 0) is 12.1 Å². The summed E-state index contributed by atoms with van der Waals surface area (Å²) in [5.41, 5.74) is -0.922. The Bertz CT molecular complexity index is 766. The van der Waals surface area contributed by atoms with Gasteiger partial charge in [-0.25, -0.2) is 9.78 Å². The van der Waals surface area contributed by atoms with Crippen molar-refractivity contribution in [3.8, 4) is 0 Å². The molecule has 0 spiro atoms. The fourth-order valence-corrected chi connectivity index (χ4v) is 2.68. The SMILES string of the molecule is O=C(O)c1c(Cl)c(Cl)c(Cl)c(Cl)c1C(=O)Nc1ccccn1. The molecule has 0 unspecified atom stereocenters. The summed E-state index contributed by atoms with van der Waals surface area (Å²) < 4.78 is 0. The molecule has 0 aliphatic carbocycles. The van der Waals surface area contributed by atoms with Gasteiger partial charge in [0, 0.05) is 6.20 Å². The number of nitrogens with one attached hydrogen (secondary N) is 1. The van der Waals surface area contributed by atoms with Gasteiger partial charge >= 0.3 is 5.97 Å². The summed E-state index contributed by atoms with van der Waals surface area (Å²) in [7, 11) is 0. The van der Waals surface area contributed by atoms with E-state index < -0.39 is 17.4 Å². The van der Waals surface area contributed by atoms with Crippen LogP contribution < -0.4 is 5.32 Å². The second-order valence-corrected chi connectivity index (χ2v) is 5.49. The molecule has 1 heterocycles.